The third-order valence-electron chi connectivity index (χ3n) is 2.60. The lowest BCUT2D eigenvalue weighted by Crippen LogP contribution is -2.12. The van der Waals surface area contributed by atoms with Crippen molar-refractivity contribution in [2.45, 2.75) is 0 Å². The Bertz CT molecular complexity index is 597. The zero-order valence-corrected chi connectivity index (χ0v) is 11.9. The van der Waals surface area contributed by atoms with E-state index in [0.717, 1.165) is 10.2 Å². The number of rotatable bonds is 3. The number of hydrogen-bond donors (Lipinski definition) is 2. The van der Waals surface area contributed by atoms with Gasteiger partial charge in [-0.2, -0.15) is 0 Å². The van der Waals surface area contributed by atoms with E-state index in [1.165, 1.54) is 7.11 Å². The molecule has 2 rings (SSSR count). The largest absolute Gasteiger partial charge is 0.495 e. The standard InChI is InChI=1S/C14H13BrN2O2/c1-19-13-8-9(2-7-12(13)16)14(18)17-11-5-3-10(15)4-6-11/h2-8H,16H2,1H3,(H,17,18). The van der Waals surface area contributed by atoms with Gasteiger partial charge in [0.25, 0.3) is 5.91 Å². The molecule has 0 aliphatic rings. The van der Waals surface area contributed by atoms with Crippen molar-refractivity contribution in [2.75, 3.05) is 18.2 Å². The molecule has 0 fully saturated rings. The Morgan fingerprint density at radius 3 is 2.53 bits per heavy atom. The van der Waals surface area contributed by atoms with Crippen molar-refractivity contribution >= 4 is 33.2 Å². The molecule has 1 amide bonds. The van der Waals surface area contributed by atoms with Crippen molar-refractivity contribution in [3.05, 3.63) is 52.5 Å². The molecule has 0 aliphatic carbocycles. The van der Waals surface area contributed by atoms with Gasteiger partial charge in [-0.1, -0.05) is 15.9 Å². The number of amides is 1. The van der Waals surface area contributed by atoms with Gasteiger partial charge < -0.3 is 15.8 Å². The van der Waals surface area contributed by atoms with E-state index in [1.54, 1.807) is 18.2 Å². The zero-order valence-electron chi connectivity index (χ0n) is 10.3. The van der Waals surface area contributed by atoms with Gasteiger partial charge in [0.05, 0.1) is 12.8 Å². The van der Waals surface area contributed by atoms with E-state index >= 15 is 0 Å². The average molecular weight is 321 g/mol. The SMILES string of the molecule is COc1cc(C(=O)Nc2ccc(Br)cc2)ccc1N. The number of methoxy groups -OCH3 is 1. The molecule has 2 aromatic rings. The summed E-state index contributed by atoms with van der Waals surface area (Å²) in [6, 6.07) is 12.3. The Morgan fingerprint density at radius 2 is 1.89 bits per heavy atom. The van der Waals surface area contributed by atoms with E-state index in [4.69, 9.17) is 10.5 Å². The molecule has 0 radical (unpaired) electrons. The first kappa shape index (κ1) is 13.4. The summed E-state index contributed by atoms with van der Waals surface area (Å²) in [6.07, 6.45) is 0. The van der Waals surface area contributed by atoms with Gasteiger partial charge in [-0.3, -0.25) is 4.79 Å². The lowest BCUT2D eigenvalue weighted by molar-refractivity contribution is 0.102. The predicted octanol–water partition coefficient (Wildman–Crippen LogP) is 3.29. The molecule has 0 heterocycles. The topological polar surface area (TPSA) is 64.3 Å². The molecule has 0 saturated carbocycles. The van der Waals surface area contributed by atoms with Crippen LogP contribution in [0.5, 0.6) is 5.75 Å². The number of anilines is 2. The van der Waals surface area contributed by atoms with Gasteiger partial charge in [-0.05, 0) is 42.5 Å². The maximum Gasteiger partial charge on any atom is 0.255 e. The van der Waals surface area contributed by atoms with Crippen LogP contribution in [-0.4, -0.2) is 13.0 Å². The third kappa shape index (κ3) is 3.26. The van der Waals surface area contributed by atoms with Crippen LogP contribution in [0.2, 0.25) is 0 Å². The van der Waals surface area contributed by atoms with Crippen LogP contribution in [0.25, 0.3) is 0 Å². The number of benzene rings is 2. The fourth-order valence-corrected chi connectivity index (χ4v) is 1.85. The van der Waals surface area contributed by atoms with Crippen LogP contribution < -0.4 is 15.8 Å². The normalized spacial score (nSPS) is 10.0. The van der Waals surface area contributed by atoms with Gasteiger partial charge >= 0.3 is 0 Å². The highest BCUT2D eigenvalue weighted by Crippen LogP contribution is 2.23. The lowest BCUT2D eigenvalue weighted by Gasteiger charge is -2.08. The van der Waals surface area contributed by atoms with Crippen LogP contribution in [0.1, 0.15) is 10.4 Å². The highest BCUT2D eigenvalue weighted by molar-refractivity contribution is 9.10. The summed E-state index contributed by atoms with van der Waals surface area (Å²) < 4.78 is 6.05. The zero-order chi connectivity index (χ0) is 13.8. The van der Waals surface area contributed by atoms with Gasteiger partial charge in [0, 0.05) is 15.7 Å². The van der Waals surface area contributed by atoms with E-state index < -0.39 is 0 Å². The summed E-state index contributed by atoms with van der Waals surface area (Å²) in [5.41, 5.74) is 7.43. The van der Waals surface area contributed by atoms with Crippen LogP contribution in [0.4, 0.5) is 11.4 Å². The number of nitrogen functional groups attached to an aromatic ring is 1. The van der Waals surface area contributed by atoms with E-state index in [1.807, 2.05) is 24.3 Å². The monoisotopic (exact) mass is 320 g/mol. The van der Waals surface area contributed by atoms with Crippen molar-refractivity contribution in [1.29, 1.82) is 0 Å². The fraction of sp³-hybridized carbons (Fsp3) is 0.0714. The molecule has 0 atom stereocenters. The number of hydrogen-bond acceptors (Lipinski definition) is 3. The number of carbonyl (C=O) groups excluding carboxylic acids is 1. The van der Waals surface area contributed by atoms with Gasteiger partial charge in [0.15, 0.2) is 0 Å². The van der Waals surface area contributed by atoms with Crippen LogP contribution in [-0.2, 0) is 0 Å². The average Bonchev–Trinajstić information content (AvgIpc) is 2.42. The molecule has 5 heteroatoms. The van der Waals surface area contributed by atoms with E-state index in [2.05, 4.69) is 21.2 Å². The Balaban J connectivity index is 2.18. The molecular weight excluding hydrogens is 308 g/mol. The quantitative estimate of drug-likeness (QED) is 0.853. The Kier molecular flexibility index (Phi) is 4.06. The molecule has 0 bridgehead atoms. The Hall–Kier alpha value is -2.01. The maximum absolute atomic E-state index is 12.1. The first-order valence-electron chi connectivity index (χ1n) is 5.60. The van der Waals surface area contributed by atoms with Crippen molar-refractivity contribution in [3.63, 3.8) is 0 Å². The summed E-state index contributed by atoms with van der Waals surface area (Å²) in [7, 11) is 1.52. The summed E-state index contributed by atoms with van der Waals surface area (Å²) in [4.78, 5) is 12.1. The molecule has 0 aromatic heterocycles. The van der Waals surface area contributed by atoms with E-state index in [9.17, 15) is 4.79 Å². The molecule has 98 valence electrons. The fourth-order valence-electron chi connectivity index (χ4n) is 1.59. The second-order valence-corrected chi connectivity index (χ2v) is 4.83. The highest BCUT2D eigenvalue weighted by atomic mass is 79.9. The van der Waals surface area contributed by atoms with Crippen LogP contribution >= 0.6 is 15.9 Å². The first-order valence-corrected chi connectivity index (χ1v) is 6.40. The summed E-state index contributed by atoms with van der Waals surface area (Å²) in [5, 5.41) is 2.80. The van der Waals surface area contributed by atoms with Crippen molar-refractivity contribution in [3.8, 4) is 5.75 Å². The first-order chi connectivity index (χ1) is 9.10. The molecule has 3 N–H and O–H groups in total. The minimum atomic E-state index is -0.208. The van der Waals surface area contributed by atoms with Crippen LogP contribution in [0.3, 0.4) is 0 Å². The molecule has 0 unspecified atom stereocenters. The number of halogens is 1. The number of nitrogens with one attached hydrogen (secondary N) is 1. The minimum Gasteiger partial charge on any atom is -0.495 e. The molecule has 4 nitrogen and oxygen atoms in total. The number of nitrogens with two attached hydrogens (primary N) is 1. The molecule has 0 spiro atoms. The van der Waals surface area contributed by atoms with E-state index in [-0.39, 0.29) is 5.91 Å². The molecule has 2 aromatic carbocycles. The Morgan fingerprint density at radius 1 is 1.21 bits per heavy atom. The van der Waals surface area contributed by atoms with Gasteiger partial charge in [-0.15, -0.1) is 0 Å². The lowest BCUT2D eigenvalue weighted by atomic mass is 10.1. The summed E-state index contributed by atoms with van der Waals surface area (Å²) in [6.45, 7) is 0. The molecule has 0 saturated heterocycles. The number of carbonyl (C=O) groups is 1. The summed E-state index contributed by atoms with van der Waals surface area (Å²) >= 11 is 3.34. The van der Waals surface area contributed by atoms with Crippen LogP contribution in [0, 0.1) is 0 Å². The second kappa shape index (κ2) is 5.75. The Labute approximate surface area is 119 Å². The van der Waals surface area contributed by atoms with Gasteiger partial charge in [0.1, 0.15) is 5.75 Å². The molecular formula is C14H13BrN2O2. The van der Waals surface area contributed by atoms with E-state index in [0.29, 0.717) is 17.0 Å². The smallest absolute Gasteiger partial charge is 0.255 e. The molecule has 0 aliphatic heterocycles. The van der Waals surface area contributed by atoms with Gasteiger partial charge in [0.2, 0.25) is 0 Å². The highest BCUT2D eigenvalue weighted by Gasteiger charge is 2.09. The summed E-state index contributed by atoms with van der Waals surface area (Å²) in [5.74, 6) is 0.282. The number of ether oxygens (including phenoxy) is 1. The maximum atomic E-state index is 12.1. The molecule has 19 heavy (non-hydrogen) atoms. The van der Waals surface area contributed by atoms with Gasteiger partial charge in [-0.25, -0.2) is 0 Å². The van der Waals surface area contributed by atoms with Crippen LogP contribution in [0.15, 0.2) is 46.9 Å². The van der Waals surface area contributed by atoms with Crippen molar-refractivity contribution < 1.29 is 9.53 Å². The van der Waals surface area contributed by atoms with Crippen molar-refractivity contribution in [1.82, 2.24) is 0 Å². The third-order valence-corrected chi connectivity index (χ3v) is 3.13. The minimum absolute atomic E-state index is 0.208. The predicted molar refractivity (Wildman–Crippen MR) is 79.5 cm³/mol. The second-order valence-electron chi connectivity index (χ2n) is 3.92. The van der Waals surface area contributed by atoms with Crippen molar-refractivity contribution in [2.24, 2.45) is 0 Å².